The number of aromatic nitrogens is 2. The van der Waals surface area contributed by atoms with Crippen molar-refractivity contribution in [1.82, 2.24) is 15.3 Å². The van der Waals surface area contributed by atoms with Crippen molar-refractivity contribution in [2.75, 3.05) is 38.3 Å². The Morgan fingerprint density at radius 2 is 2.14 bits per heavy atom. The summed E-state index contributed by atoms with van der Waals surface area (Å²) in [6.07, 6.45) is -3.13. The number of ether oxygens (including phenoxy) is 1. The third-order valence-corrected chi connectivity index (χ3v) is 5.07. The molecular formula is C19H18ClF3N4O2. The van der Waals surface area contributed by atoms with E-state index < -0.39 is 16.8 Å². The highest BCUT2D eigenvalue weighted by Crippen LogP contribution is 2.44. The van der Waals surface area contributed by atoms with Gasteiger partial charge in [0, 0.05) is 30.9 Å². The Morgan fingerprint density at radius 1 is 1.31 bits per heavy atom. The second-order valence-corrected chi connectivity index (χ2v) is 7.08. The molecule has 1 aliphatic heterocycles. The Kier molecular flexibility index (Phi) is 5.37. The highest BCUT2D eigenvalue weighted by molar-refractivity contribution is 6.33. The van der Waals surface area contributed by atoms with Crippen LogP contribution < -0.4 is 10.2 Å². The van der Waals surface area contributed by atoms with E-state index >= 15 is 0 Å². The first-order valence-corrected chi connectivity index (χ1v) is 9.38. The summed E-state index contributed by atoms with van der Waals surface area (Å²) < 4.78 is 52.6. The fourth-order valence-corrected chi connectivity index (χ4v) is 3.62. The van der Waals surface area contributed by atoms with E-state index in [1.807, 2.05) is 0 Å². The smallest absolute Gasteiger partial charge is 0.420 e. The van der Waals surface area contributed by atoms with Gasteiger partial charge in [0.1, 0.15) is 11.1 Å². The van der Waals surface area contributed by atoms with Crippen molar-refractivity contribution in [3.8, 4) is 11.3 Å². The predicted molar refractivity (Wildman–Crippen MR) is 103 cm³/mol. The van der Waals surface area contributed by atoms with Crippen molar-refractivity contribution in [1.29, 1.82) is 0 Å². The normalized spacial score (nSPS) is 18.2. The van der Waals surface area contributed by atoms with E-state index in [9.17, 15) is 13.2 Å². The van der Waals surface area contributed by atoms with Crippen LogP contribution in [-0.2, 0) is 10.9 Å². The van der Waals surface area contributed by atoms with Crippen LogP contribution in [-0.4, -0.2) is 49.4 Å². The fraction of sp³-hybridized carbons (Fsp3) is 0.368. The number of anilines is 1. The maximum absolute atomic E-state index is 13.7. The first kappa shape index (κ1) is 19.9. The summed E-state index contributed by atoms with van der Waals surface area (Å²) in [6, 6.07) is 6.45. The summed E-state index contributed by atoms with van der Waals surface area (Å²) in [4.78, 5) is 10.2. The van der Waals surface area contributed by atoms with E-state index in [1.54, 1.807) is 36.3 Å². The minimum Gasteiger partial charge on any atom is -0.423 e. The molecule has 3 heterocycles. The third kappa shape index (κ3) is 3.90. The number of rotatable bonds is 3. The Labute approximate surface area is 169 Å². The van der Waals surface area contributed by atoms with Crippen LogP contribution in [0, 0.1) is 0 Å². The lowest BCUT2D eigenvalue weighted by molar-refractivity contribution is -0.136. The van der Waals surface area contributed by atoms with Gasteiger partial charge in [-0.15, -0.1) is 0 Å². The van der Waals surface area contributed by atoms with Gasteiger partial charge in [-0.05, 0) is 25.2 Å². The summed E-state index contributed by atoms with van der Waals surface area (Å²) in [7, 11) is 1.80. The second kappa shape index (κ2) is 7.81. The van der Waals surface area contributed by atoms with Crippen LogP contribution >= 0.6 is 11.6 Å². The van der Waals surface area contributed by atoms with Crippen molar-refractivity contribution in [3.63, 3.8) is 0 Å². The number of alkyl halides is 3. The third-order valence-electron chi connectivity index (χ3n) is 4.78. The number of pyridine rings is 1. The minimum absolute atomic E-state index is 0.00148. The molecule has 0 bridgehead atoms. The molecule has 1 fully saturated rings. The first-order valence-electron chi connectivity index (χ1n) is 9.00. The molecule has 0 aliphatic carbocycles. The molecule has 10 heteroatoms. The molecule has 1 atom stereocenters. The molecule has 0 radical (unpaired) electrons. The van der Waals surface area contributed by atoms with Crippen LogP contribution in [0.25, 0.3) is 22.4 Å². The average Bonchev–Trinajstić information content (AvgIpc) is 2.97. The molecule has 29 heavy (non-hydrogen) atoms. The standard InChI is InChI=1S/C19H18ClF3N4O2/c1-24-11-9-27(6-7-28-10-11)18-26-16-15(19(21,22)23)13(20)8-12(17(16)29-18)14-4-2-3-5-25-14/h2-5,8,11,24H,6-7,9-10H2,1H3. The number of benzene rings is 1. The van der Waals surface area contributed by atoms with Crippen LogP contribution in [0.2, 0.25) is 5.02 Å². The molecule has 1 N–H and O–H groups in total. The zero-order valence-corrected chi connectivity index (χ0v) is 16.2. The van der Waals surface area contributed by atoms with Crippen molar-refractivity contribution >= 4 is 28.7 Å². The number of hydrogen-bond acceptors (Lipinski definition) is 6. The topological polar surface area (TPSA) is 63.4 Å². The number of hydrogen-bond donors (Lipinski definition) is 1. The predicted octanol–water partition coefficient (Wildman–Crippen LogP) is 3.99. The number of likely N-dealkylation sites (N-methyl/N-ethyl adjacent to an activating group) is 1. The van der Waals surface area contributed by atoms with Gasteiger partial charge in [0.15, 0.2) is 5.58 Å². The van der Waals surface area contributed by atoms with Crippen LogP contribution in [0.1, 0.15) is 5.56 Å². The van der Waals surface area contributed by atoms with Gasteiger partial charge in [-0.2, -0.15) is 18.2 Å². The molecule has 1 saturated heterocycles. The fourth-order valence-electron chi connectivity index (χ4n) is 3.31. The quantitative estimate of drug-likeness (QED) is 0.683. The van der Waals surface area contributed by atoms with Crippen LogP contribution in [0.4, 0.5) is 19.2 Å². The minimum atomic E-state index is -4.68. The summed E-state index contributed by atoms with van der Waals surface area (Å²) in [5.74, 6) is 0. The molecule has 0 amide bonds. The van der Waals surface area contributed by atoms with E-state index in [2.05, 4.69) is 15.3 Å². The number of fused-ring (bicyclic) bond motifs is 1. The molecule has 154 valence electrons. The van der Waals surface area contributed by atoms with Crippen molar-refractivity contribution in [3.05, 3.63) is 41.0 Å². The highest BCUT2D eigenvalue weighted by Gasteiger charge is 2.39. The summed E-state index contributed by atoms with van der Waals surface area (Å²) in [5.41, 5.74) is -0.537. The summed E-state index contributed by atoms with van der Waals surface area (Å²) in [6.45, 7) is 1.83. The van der Waals surface area contributed by atoms with Crippen LogP contribution in [0.5, 0.6) is 0 Å². The first-order chi connectivity index (χ1) is 13.9. The maximum Gasteiger partial charge on any atom is 0.420 e. The lowest BCUT2D eigenvalue weighted by Gasteiger charge is -2.21. The van der Waals surface area contributed by atoms with Gasteiger partial charge in [-0.25, -0.2) is 0 Å². The SMILES string of the molecule is CNC1COCCN(c2nc3c(C(F)(F)F)c(Cl)cc(-c4ccccn4)c3o2)C1. The largest absolute Gasteiger partial charge is 0.423 e. The van der Waals surface area contributed by atoms with E-state index in [-0.39, 0.29) is 23.2 Å². The molecule has 0 saturated carbocycles. The zero-order valence-electron chi connectivity index (χ0n) is 15.5. The molecule has 1 aromatic carbocycles. The molecule has 1 unspecified atom stereocenters. The Hall–Kier alpha value is -2.36. The molecule has 6 nitrogen and oxygen atoms in total. The Morgan fingerprint density at radius 3 is 2.83 bits per heavy atom. The highest BCUT2D eigenvalue weighted by atomic mass is 35.5. The molecule has 4 rings (SSSR count). The van der Waals surface area contributed by atoms with E-state index in [0.717, 1.165) is 0 Å². The second-order valence-electron chi connectivity index (χ2n) is 6.67. The lowest BCUT2D eigenvalue weighted by atomic mass is 10.1. The zero-order chi connectivity index (χ0) is 20.6. The number of nitrogens with zero attached hydrogens (tertiary/aromatic N) is 3. The van der Waals surface area contributed by atoms with E-state index in [0.29, 0.717) is 37.6 Å². The van der Waals surface area contributed by atoms with Crippen LogP contribution in [0.15, 0.2) is 34.9 Å². The maximum atomic E-state index is 13.7. The van der Waals surface area contributed by atoms with Crippen molar-refractivity contribution < 1.29 is 22.3 Å². The molecule has 1 aliphatic rings. The van der Waals surface area contributed by atoms with Gasteiger partial charge in [0.25, 0.3) is 6.01 Å². The van der Waals surface area contributed by atoms with E-state index in [4.69, 9.17) is 20.8 Å². The van der Waals surface area contributed by atoms with Gasteiger partial charge in [-0.1, -0.05) is 17.7 Å². The monoisotopic (exact) mass is 426 g/mol. The lowest BCUT2D eigenvalue weighted by Crippen LogP contribution is -2.40. The number of oxazole rings is 1. The Bertz CT molecular complexity index is 1010. The average molecular weight is 427 g/mol. The van der Waals surface area contributed by atoms with Gasteiger partial charge in [0.2, 0.25) is 0 Å². The summed E-state index contributed by atoms with van der Waals surface area (Å²) >= 11 is 6.04. The van der Waals surface area contributed by atoms with Gasteiger partial charge < -0.3 is 19.4 Å². The van der Waals surface area contributed by atoms with Crippen LogP contribution in [0.3, 0.4) is 0 Å². The van der Waals surface area contributed by atoms with Gasteiger partial charge in [-0.3, -0.25) is 4.98 Å². The Balaban J connectivity index is 1.91. The molecular weight excluding hydrogens is 409 g/mol. The number of nitrogens with one attached hydrogen (secondary N) is 1. The molecule has 0 spiro atoms. The molecule has 3 aromatic rings. The van der Waals surface area contributed by atoms with Crippen molar-refractivity contribution in [2.24, 2.45) is 0 Å². The van der Waals surface area contributed by atoms with Gasteiger partial charge >= 0.3 is 6.18 Å². The number of halogens is 4. The summed E-state index contributed by atoms with van der Waals surface area (Å²) in [5, 5.41) is 2.67. The van der Waals surface area contributed by atoms with E-state index in [1.165, 1.54) is 6.07 Å². The molecule has 2 aromatic heterocycles. The van der Waals surface area contributed by atoms with Gasteiger partial charge in [0.05, 0.1) is 23.9 Å². The van der Waals surface area contributed by atoms with Crippen molar-refractivity contribution in [2.45, 2.75) is 12.2 Å².